The van der Waals surface area contributed by atoms with Gasteiger partial charge in [0.05, 0.1) is 0 Å². The number of anilines is 1. The Hall–Kier alpha value is -1.58. The Labute approximate surface area is 123 Å². The second-order valence-electron chi connectivity index (χ2n) is 4.28. The first-order chi connectivity index (χ1) is 9.06. The fourth-order valence-corrected chi connectivity index (χ4v) is 1.92. The number of hydrogen-bond acceptors (Lipinski definition) is 3. The lowest BCUT2D eigenvalue weighted by molar-refractivity contribution is 0.566. The first-order valence-electron chi connectivity index (χ1n) is 5.81. The van der Waals surface area contributed by atoms with Crippen LogP contribution in [-0.2, 0) is 0 Å². The van der Waals surface area contributed by atoms with Crippen molar-refractivity contribution in [2.45, 2.75) is 0 Å². The first-order valence-corrected chi connectivity index (χ1v) is 6.60. The molecule has 0 bridgehead atoms. The van der Waals surface area contributed by atoms with Crippen molar-refractivity contribution in [2.75, 3.05) is 19.0 Å². The molecular formula is C15H14ClNOS. The number of halogens is 1. The van der Waals surface area contributed by atoms with Crippen molar-refractivity contribution in [3.63, 3.8) is 0 Å². The van der Waals surface area contributed by atoms with Crippen LogP contribution < -0.4 is 9.64 Å². The average molecular weight is 292 g/mol. The van der Waals surface area contributed by atoms with Gasteiger partial charge in [0, 0.05) is 30.4 Å². The van der Waals surface area contributed by atoms with E-state index in [4.69, 9.17) is 28.6 Å². The zero-order valence-electron chi connectivity index (χ0n) is 10.8. The summed E-state index contributed by atoms with van der Waals surface area (Å²) in [5.74, 6) is 0.686. The summed E-state index contributed by atoms with van der Waals surface area (Å²) in [6, 6.07) is 15.1. The molecule has 4 heteroatoms. The van der Waals surface area contributed by atoms with Crippen LogP contribution in [0.25, 0.3) is 0 Å². The van der Waals surface area contributed by atoms with Crippen molar-refractivity contribution in [3.8, 4) is 5.75 Å². The molecule has 98 valence electrons. The third-order valence-electron chi connectivity index (χ3n) is 2.64. The van der Waals surface area contributed by atoms with Gasteiger partial charge >= 0.3 is 0 Å². The number of ether oxygens (including phenoxy) is 1. The highest BCUT2D eigenvalue weighted by atomic mass is 35.5. The maximum absolute atomic E-state index is 5.82. The van der Waals surface area contributed by atoms with Gasteiger partial charge in [0.2, 0.25) is 0 Å². The van der Waals surface area contributed by atoms with Crippen molar-refractivity contribution < 1.29 is 4.74 Å². The second-order valence-corrected chi connectivity index (χ2v) is 5.09. The van der Waals surface area contributed by atoms with Crippen LogP contribution >= 0.6 is 23.8 Å². The lowest BCUT2D eigenvalue weighted by Crippen LogP contribution is -2.10. The largest absolute Gasteiger partial charge is 0.445 e. The summed E-state index contributed by atoms with van der Waals surface area (Å²) in [7, 11) is 4.00. The quantitative estimate of drug-likeness (QED) is 0.788. The van der Waals surface area contributed by atoms with E-state index in [1.54, 1.807) is 24.3 Å². The lowest BCUT2D eigenvalue weighted by atomic mass is 10.2. The monoisotopic (exact) mass is 291 g/mol. The molecule has 0 spiro atoms. The highest BCUT2D eigenvalue weighted by molar-refractivity contribution is 7.80. The van der Waals surface area contributed by atoms with E-state index in [1.165, 1.54) is 0 Å². The van der Waals surface area contributed by atoms with Gasteiger partial charge in [0.25, 0.3) is 0 Å². The minimum atomic E-state index is 0.452. The number of nitrogens with zero attached hydrogens (tertiary/aromatic N) is 1. The number of hydrogen-bond donors (Lipinski definition) is 0. The summed E-state index contributed by atoms with van der Waals surface area (Å²) >= 11 is 11.1. The molecule has 0 aliphatic rings. The van der Waals surface area contributed by atoms with Crippen molar-refractivity contribution in [1.29, 1.82) is 0 Å². The Morgan fingerprint density at radius 2 is 1.58 bits per heavy atom. The van der Waals surface area contributed by atoms with E-state index in [-0.39, 0.29) is 0 Å². The third kappa shape index (κ3) is 3.69. The second kappa shape index (κ2) is 6.04. The average Bonchev–Trinajstić information content (AvgIpc) is 2.41. The van der Waals surface area contributed by atoms with E-state index in [1.807, 2.05) is 43.3 Å². The molecule has 2 rings (SSSR count). The van der Waals surface area contributed by atoms with Crippen LogP contribution in [0.1, 0.15) is 5.56 Å². The van der Waals surface area contributed by atoms with Crippen LogP contribution in [0.3, 0.4) is 0 Å². The molecule has 2 aromatic rings. The summed E-state index contributed by atoms with van der Waals surface area (Å²) in [4.78, 5) is 2.03. The van der Waals surface area contributed by atoms with E-state index < -0.39 is 0 Å². The summed E-state index contributed by atoms with van der Waals surface area (Å²) < 4.78 is 5.61. The molecule has 0 heterocycles. The van der Waals surface area contributed by atoms with E-state index in [0.717, 1.165) is 11.3 Å². The van der Waals surface area contributed by atoms with Gasteiger partial charge in [-0.25, -0.2) is 0 Å². The summed E-state index contributed by atoms with van der Waals surface area (Å²) in [6.07, 6.45) is 0. The minimum absolute atomic E-state index is 0.452. The zero-order chi connectivity index (χ0) is 13.8. The third-order valence-corrected chi connectivity index (χ3v) is 3.21. The molecule has 0 atom stereocenters. The highest BCUT2D eigenvalue weighted by Gasteiger charge is 2.05. The van der Waals surface area contributed by atoms with Gasteiger partial charge in [-0.05, 0) is 60.7 Å². The topological polar surface area (TPSA) is 12.5 Å². The lowest BCUT2D eigenvalue weighted by Gasteiger charge is -2.13. The molecule has 0 fully saturated rings. The molecule has 0 radical (unpaired) electrons. The maximum atomic E-state index is 5.82. The van der Waals surface area contributed by atoms with Gasteiger partial charge in [-0.15, -0.1) is 0 Å². The van der Waals surface area contributed by atoms with Crippen LogP contribution in [0.4, 0.5) is 5.69 Å². The molecule has 0 aliphatic heterocycles. The smallest absolute Gasteiger partial charge is 0.198 e. The normalized spacial score (nSPS) is 10.1. The van der Waals surface area contributed by atoms with E-state index in [0.29, 0.717) is 15.8 Å². The highest BCUT2D eigenvalue weighted by Crippen LogP contribution is 2.18. The van der Waals surface area contributed by atoms with Gasteiger partial charge in [0.15, 0.2) is 5.05 Å². The predicted octanol–water partition coefficient (Wildman–Crippen LogP) is 4.16. The minimum Gasteiger partial charge on any atom is -0.445 e. The fraction of sp³-hybridized carbons (Fsp3) is 0.133. The Morgan fingerprint density at radius 3 is 2.11 bits per heavy atom. The number of thiocarbonyl (C=S) groups is 1. The van der Waals surface area contributed by atoms with Crippen LogP contribution in [0.5, 0.6) is 5.75 Å². The molecule has 0 unspecified atom stereocenters. The summed E-state index contributed by atoms with van der Waals surface area (Å²) in [5.41, 5.74) is 2.01. The molecule has 0 N–H and O–H groups in total. The van der Waals surface area contributed by atoms with Gasteiger partial charge in [-0.1, -0.05) is 11.6 Å². The molecule has 19 heavy (non-hydrogen) atoms. The van der Waals surface area contributed by atoms with E-state index in [2.05, 4.69) is 0 Å². The van der Waals surface area contributed by atoms with Crippen LogP contribution in [0.2, 0.25) is 5.02 Å². The van der Waals surface area contributed by atoms with Gasteiger partial charge in [-0.2, -0.15) is 0 Å². The molecule has 0 amide bonds. The van der Waals surface area contributed by atoms with E-state index in [9.17, 15) is 0 Å². The van der Waals surface area contributed by atoms with Crippen molar-refractivity contribution in [1.82, 2.24) is 0 Å². The van der Waals surface area contributed by atoms with Gasteiger partial charge < -0.3 is 9.64 Å². The Balaban J connectivity index is 2.09. The zero-order valence-corrected chi connectivity index (χ0v) is 12.3. The maximum Gasteiger partial charge on any atom is 0.198 e. The first kappa shape index (κ1) is 13.8. The molecule has 0 saturated carbocycles. The Morgan fingerprint density at radius 1 is 1.00 bits per heavy atom. The van der Waals surface area contributed by atoms with Crippen molar-refractivity contribution in [2.24, 2.45) is 0 Å². The molecule has 2 nitrogen and oxygen atoms in total. The SMILES string of the molecule is CN(C)c1ccc(C(=S)Oc2ccc(Cl)cc2)cc1. The summed E-state index contributed by atoms with van der Waals surface area (Å²) in [5, 5.41) is 1.13. The van der Waals surface area contributed by atoms with E-state index >= 15 is 0 Å². The molecule has 2 aromatic carbocycles. The van der Waals surface area contributed by atoms with Crippen LogP contribution in [-0.4, -0.2) is 19.1 Å². The Kier molecular flexibility index (Phi) is 4.40. The van der Waals surface area contributed by atoms with Crippen LogP contribution in [0.15, 0.2) is 48.5 Å². The molecule has 0 aromatic heterocycles. The number of rotatable bonds is 3. The fourth-order valence-electron chi connectivity index (χ4n) is 1.56. The van der Waals surface area contributed by atoms with Crippen LogP contribution in [0, 0.1) is 0 Å². The predicted molar refractivity (Wildman–Crippen MR) is 84.5 cm³/mol. The Bertz CT molecular complexity index is 564. The van der Waals surface area contributed by atoms with Gasteiger partial charge in [0.1, 0.15) is 5.75 Å². The molecule has 0 aliphatic carbocycles. The van der Waals surface area contributed by atoms with Crippen molar-refractivity contribution >= 4 is 34.6 Å². The molecular weight excluding hydrogens is 278 g/mol. The summed E-state index contributed by atoms with van der Waals surface area (Å²) in [6.45, 7) is 0. The van der Waals surface area contributed by atoms with Gasteiger partial charge in [-0.3, -0.25) is 0 Å². The van der Waals surface area contributed by atoms with Crippen molar-refractivity contribution in [3.05, 3.63) is 59.1 Å². The number of benzene rings is 2. The molecule has 0 saturated heterocycles. The standard InChI is InChI=1S/C15H14ClNOS/c1-17(2)13-7-3-11(4-8-13)15(19)18-14-9-5-12(16)6-10-14/h3-10H,1-2H3.